The zero-order valence-corrected chi connectivity index (χ0v) is 15.3. The van der Waals surface area contributed by atoms with Gasteiger partial charge in [-0.1, -0.05) is 30.3 Å². The molecule has 4 rings (SSSR count). The maximum absolute atomic E-state index is 12.9. The molecule has 1 unspecified atom stereocenters. The summed E-state index contributed by atoms with van der Waals surface area (Å²) in [7, 11) is 1.92. The highest BCUT2D eigenvalue weighted by molar-refractivity contribution is 5.95. The van der Waals surface area contributed by atoms with Crippen LogP contribution in [0.3, 0.4) is 0 Å². The lowest BCUT2D eigenvalue weighted by molar-refractivity contribution is -0.131. The van der Waals surface area contributed by atoms with Gasteiger partial charge in [0.1, 0.15) is 5.76 Å². The topological polar surface area (TPSA) is 53.8 Å². The zero-order chi connectivity index (χ0) is 18.3. The van der Waals surface area contributed by atoms with Crippen molar-refractivity contribution in [3.05, 3.63) is 59.5 Å². The zero-order valence-electron chi connectivity index (χ0n) is 15.3. The van der Waals surface area contributed by atoms with E-state index in [9.17, 15) is 9.59 Å². The van der Waals surface area contributed by atoms with Gasteiger partial charge in [-0.05, 0) is 37.8 Å². The van der Waals surface area contributed by atoms with E-state index in [-0.39, 0.29) is 23.3 Å². The number of hydrogen-bond donors (Lipinski definition) is 0. The van der Waals surface area contributed by atoms with Crippen LogP contribution in [0.25, 0.3) is 0 Å². The first-order valence-electron chi connectivity index (χ1n) is 9.18. The number of likely N-dealkylation sites (tertiary alicyclic amines) is 2. The largest absolute Gasteiger partial charge is 0.469 e. The molecule has 2 fully saturated rings. The van der Waals surface area contributed by atoms with Crippen molar-refractivity contribution in [2.24, 2.45) is 0 Å². The molecular weight excluding hydrogens is 328 g/mol. The predicted octanol–water partition coefficient (Wildman–Crippen LogP) is 3.21. The molecule has 0 N–H and O–H groups in total. The van der Waals surface area contributed by atoms with E-state index in [0.717, 1.165) is 24.8 Å². The molecule has 3 heterocycles. The molecule has 5 heteroatoms. The molecule has 2 amide bonds. The number of amides is 2. The number of carbonyl (C=O) groups excluding carboxylic acids is 2. The molecule has 2 saturated heterocycles. The summed E-state index contributed by atoms with van der Waals surface area (Å²) in [5.41, 5.74) is 1.59. The molecule has 1 atom stereocenters. The molecule has 5 nitrogen and oxygen atoms in total. The van der Waals surface area contributed by atoms with Gasteiger partial charge in [-0.2, -0.15) is 0 Å². The molecule has 0 bridgehead atoms. The number of carbonyl (C=O) groups is 2. The highest BCUT2D eigenvalue weighted by Crippen LogP contribution is 2.45. The number of piperidine rings is 1. The van der Waals surface area contributed by atoms with E-state index in [0.29, 0.717) is 24.4 Å². The highest BCUT2D eigenvalue weighted by atomic mass is 16.3. The average Bonchev–Trinajstić information content (AvgIpc) is 3.20. The van der Waals surface area contributed by atoms with E-state index < -0.39 is 0 Å². The van der Waals surface area contributed by atoms with Gasteiger partial charge in [0.25, 0.3) is 5.91 Å². The molecule has 2 aliphatic heterocycles. The minimum atomic E-state index is -0.139. The summed E-state index contributed by atoms with van der Waals surface area (Å²) in [6.07, 6.45) is 4.03. The summed E-state index contributed by atoms with van der Waals surface area (Å²) >= 11 is 0. The molecule has 1 spiro atoms. The molecule has 0 aliphatic carbocycles. The third kappa shape index (κ3) is 2.62. The van der Waals surface area contributed by atoms with Gasteiger partial charge in [0.15, 0.2) is 0 Å². The fourth-order valence-corrected chi connectivity index (χ4v) is 4.46. The summed E-state index contributed by atoms with van der Waals surface area (Å²) in [5.74, 6) is 0.812. The number of likely N-dealkylation sites (N-methyl/N-ethyl adjacent to an activating group) is 1. The van der Waals surface area contributed by atoms with Crippen LogP contribution in [0.1, 0.15) is 46.9 Å². The Morgan fingerprint density at radius 2 is 1.85 bits per heavy atom. The lowest BCUT2D eigenvalue weighted by atomic mass is 9.81. The first-order valence-corrected chi connectivity index (χ1v) is 9.18. The Kier molecular flexibility index (Phi) is 4.10. The third-order valence-electron chi connectivity index (χ3n) is 6.20. The van der Waals surface area contributed by atoms with Crippen molar-refractivity contribution < 1.29 is 14.0 Å². The smallest absolute Gasteiger partial charge is 0.257 e. The van der Waals surface area contributed by atoms with Gasteiger partial charge in [-0.3, -0.25) is 9.59 Å². The van der Waals surface area contributed by atoms with E-state index in [1.807, 2.05) is 54.1 Å². The van der Waals surface area contributed by atoms with E-state index in [2.05, 4.69) is 0 Å². The summed E-state index contributed by atoms with van der Waals surface area (Å²) in [6.45, 7) is 3.15. The van der Waals surface area contributed by atoms with E-state index >= 15 is 0 Å². The second kappa shape index (κ2) is 6.31. The van der Waals surface area contributed by atoms with Crippen LogP contribution in [0.2, 0.25) is 0 Å². The normalized spacial score (nSPS) is 22.2. The van der Waals surface area contributed by atoms with Crippen molar-refractivity contribution >= 4 is 11.8 Å². The number of hydrogen-bond acceptors (Lipinski definition) is 3. The van der Waals surface area contributed by atoms with Crippen LogP contribution in [0.15, 0.2) is 47.1 Å². The molecule has 0 saturated carbocycles. The highest BCUT2D eigenvalue weighted by Gasteiger charge is 2.50. The minimum absolute atomic E-state index is 0.0256. The van der Waals surface area contributed by atoms with Gasteiger partial charge < -0.3 is 14.2 Å². The van der Waals surface area contributed by atoms with Gasteiger partial charge >= 0.3 is 0 Å². The Bertz CT molecular complexity index is 819. The Labute approximate surface area is 153 Å². The molecule has 2 aliphatic rings. The van der Waals surface area contributed by atoms with Crippen LogP contribution in [-0.2, 0) is 4.79 Å². The van der Waals surface area contributed by atoms with Crippen LogP contribution in [0, 0.1) is 6.92 Å². The number of rotatable bonds is 2. The fraction of sp³-hybridized carbons (Fsp3) is 0.429. The number of aryl methyl sites for hydroxylation is 1. The summed E-state index contributed by atoms with van der Waals surface area (Å²) < 4.78 is 5.26. The van der Waals surface area contributed by atoms with E-state index in [4.69, 9.17) is 4.42 Å². The summed E-state index contributed by atoms with van der Waals surface area (Å²) in [6, 6.07) is 11.8. The lowest BCUT2D eigenvalue weighted by Gasteiger charge is -2.43. The average molecular weight is 352 g/mol. The lowest BCUT2D eigenvalue weighted by Crippen LogP contribution is -2.52. The van der Waals surface area contributed by atoms with E-state index in [1.165, 1.54) is 0 Å². The van der Waals surface area contributed by atoms with Crippen LogP contribution < -0.4 is 0 Å². The van der Waals surface area contributed by atoms with Crippen molar-refractivity contribution in [1.29, 1.82) is 0 Å². The van der Waals surface area contributed by atoms with Crippen LogP contribution in [0.5, 0.6) is 0 Å². The van der Waals surface area contributed by atoms with Crippen molar-refractivity contribution in [3.63, 3.8) is 0 Å². The van der Waals surface area contributed by atoms with Crippen molar-refractivity contribution in [1.82, 2.24) is 9.80 Å². The summed E-state index contributed by atoms with van der Waals surface area (Å²) in [4.78, 5) is 29.4. The SMILES string of the molecule is Cc1occc1C(=O)N1CCC2(CC1)CC(c1ccccc1)C(=O)N2C. The molecule has 26 heavy (non-hydrogen) atoms. The first kappa shape index (κ1) is 16.9. The maximum Gasteiger partial charge on any atom is 0.257 e. The Morgan fingerprint density at radius 1 is 1.15 bits per heavy atom. The first-order chi connectivity index (χ1) is 12.5. The predicted molar refractivity (Wildman–Crippen MR) is 97.9 cm³/mol. The molecule has 136 valence electrons. The quantitative estimate of drug-likeness (QED) is 0.834. The van der Waals surface area contributed by atoms with Gasteiger partial charge in [0.05, 0.1) is 17.7 Å². The van der Waals surface area contributed by atoms with Gasteiger partial charge in [0, 0.05) is 25.7 Å². The fourth-order valence-electron chi connectivity index (χ4n) is 4.46. The Hall–Kier alpha value is -2.56. The number of furan rings is 1. The van der Waals surface area contributed by atoms with Crippen LogP contribution in [0.4, 0.5) is 0 Å². The van der Waals surface area contributed by atoms with Crippen LogP contribution in [-0.4, -0.2) is 47.3 Å². The van der Waals surface area contributed by atoms with Crippen molar-refractivity contribution in [2.45, 2.75) is 37.6 Å². The molecule has 1 aromatic carbocycles. The second-order valence-corrected chi connectivity index (χ2v) is 7.47. The molecule has 2 aromatic rings. The Balaban J connectivity index is 1.49. The maximum atomic E-state index is 12.9. The molecule has 1 aromatic heterocycles. The molecular formula is C21H24N2O3. The monoisotopic (exact) mass is 352 g/mol. The minimum Gasteiger partial charge on any atom is -0.469 e. The second-order valence-electron chi connectivity index (χ2n) is 7.47. The molecule has 0 radical (unpaired) electrons. The standard InChI is InChI=1S/C21H24N2O3/c1-15-17(8-13-26-15)20(25)23-11-9-21(10-12-23)14-18(19(24)22(21)2)16-6-4-3-5-7-16/h3-8,13,18H,9-12,14H2,1-2H3. The van der Waals surface area contributed by atoms with Gasteiger partial charge in [-0.15, -0.1) is 0 Å². The number of benzene rings is 1. The number of nitrogens with zero attached hydrogens (tertiary/aromatic N) is 2. The Morgan fingerprint density at radius 3 is 2.46 bits per heavy atom. The van der Waals surface area contributed by atoms with Crippen molar-refractivity contribution in [2.75, 3.05) is 20.1 Å². The van der Waals surface area contributed by atoms with E-state index in [1.54, 1.807) is 12.3 Å². The third-order valence-corrected chi connectivity index (χ3v) is 6.20. The van der Waals surface area contributed by atoms with Gasteiger partial charge in [0.2, 0.25) is 5.91 Å². The van der Waals surface area contributed by atoms with Crippen LogP contribution >= 0.6 is 0 Å². The van der Waals surface area contributed by atoms with Gasteiger partial charge in [-0.25, -0.2) is 0 Å². The summed E-state index contributed by atoms with van der Waals surface area (Å²) in [5, 5.41) is 0. The van der Waals surface area contributed by atoms with Crippen molar-refractivity contribution in [3.8, 4) is 0 Å².